The molecule has 2 aliphatic heterocycles. The monoisotopic (exact) mass is 400 g/mol. The summed E-state index contributed by atoms with van der Waals surface area (Å²) in [6.07, 6.45) is -1.68. The molecule has 156 valence electrons. The molecule has 2 aromatic rings. The standard InChI is InChI=1S/C23H28O6/c1-22(2)28-20-21(29-22)27-19(15-25-13-17-9-5-3-6-10-17)23(20,16-24)26-14-18-11-7-4-8-12-18/h3-12,19-21,24H,13-16H2,1-2H3. The zero-order valence-corrected chi connectivity index (χ0v) is 16.8. The maximum atomic E-state index is 10.4. The van der Waals surface area contributed by atoms with E-state index in [0.717, 1.165) is 11.1 Å². The second-order valence-corrected chi connectivity index (χ2v) is 7.94. The van der Waals surface area contributed by atoms with Gasteiger partial charge >= 0.3 is 0 Å². The highest BCUT2D eigenvalue weighted by Gasteiger charge is 2.64. The van der Waals surface area contributed by atoms with Gasteiger partial charge in [0.2, 0.25) is 0 Å². The molecule has 2 aliphatic rings. The van der Waals surface area contributed by atoms with E-state index in [9.17, 15) is 5.11 Å². The molecule has 0 bridgehead atoms. The molecule has 0 radical (unpaired) electrons. The van der Waals surface area contributed by atoms with Crippen LogP contribution in [0.25, 0.3) is 0 Å². The van der Waals surface area contributed by atoms with Crippen molar-refractivity contribution < 1.29 is 28.8 Å². The van der Waals surface area contributed by atoms with Crippen LogP contribution >= 0.6 is 0 Å². The average molecular weight is 400 g/mol. The van der Waals surface area contributed by atoms with Gasteiger partial charge in [0, 0.05) is 0 Å². The van der Waals surface area contributed by atoms with E-state index in [0.29, 0.717) is 13.2 Å². The van der Waals surface area contributed by atoms with Crippen LogP contribution in [0.4, 0.5) is 0 Å². The molecular weight excluding hydrogens is 372 g/mol. The number of ether oxygens (including phenoxy) is 5. The largest absolute Gasteiger partial charge is 0.393 e. The lowest BCUT2D eigenvalue weighted by Gasteiger charge is -2.36. The molecule has 6 nitrogen and oxygen atoms in total. The summed E-state index contributed by atoms with van der Waals surface area (Å²) in [4.78, 5) is 0. The fourth-order valence-corrected chi connectivity index (χ4v) is 3.86. The summed E-state index contributed by atoms with van der Waals surface area (Å²) in [5, 5.41) is 10.4. The Kier molecular flexibility index (Phi) is 6.01. The number of rotatable bonds is 8. The SMILES string of the molecule is CC1(C)OC2OC(COCc3ccccc3)C(CO)(OCc3ccccc3)C2O1. The van der Waals surface area contributed by atoms with Crippen LogP contribution < -0.4 is 0 Å². The van der Waals surface area contributed by atoms with Gasteiger partial charge in [-0.3, -0.25) is 0 Å². The van der Waals surface area contributed by atoms with E-state index >= 15 is 0 Å². The van der Waals surface area contributed by atoms with Gasteiger partial charge in [0.1, 0.15) is 12.2 Å². The third kappa shape index (κ3) is 4.38. The van der Waals surface area contributed by atoms with Gasteiger partial charge in [-0.15, -0.1) is 0 Å². The maximum absolute atomic E-state index is 10.4. The van der Waals surface area contributed by atoms with Crippen LogP contribution in [-0.2, 0) is 36.9 Å². The fourth-order valence-electron chi connectivity index (χ4n) is 3.86. The zero-order chi connectivity index (χ0) is 20.3. The Labute approximate surface area is 171 Å². The minimum Gasteiger partial charge on any atom is -0.393 e. The Balaban J connectivity index is 1.49. The van der Waals surface area contributed by atoms with E-state index < -0.39 is 29.9 Å². The van der Waals surface area contributed by atoms with E-state index in [2.05, 4.69) is 0 Å². The van der Waals surface area contributed by atoms with E-state index in [4.69, 9.17) is 23.7 Å². The quantitative estimate of drug-likeness (QED) is 0.735. The van der Waals surface area contributed by atoms with Crippen LogP contribution in [0.5, 0.6) is 0 Å². The Bertz CT molecular complexity index is 780. The Morgan fingerprint density at radius 1 is 0.897 bits per heavy atom. The minimum absolute atomic E-state index is 0.254. The van der Waals surface area contributed by atoms with Gasteiger partial charge in [0.25, 0.3) is 0 Å². The summed E-state index contributed by atoms with van der Waals surface area (Å²) in [6.45, 7) is 4.42. The van der Waals surface area contributed by atoms with Crippen LogP contribution in [-0.4, -0.2) is 48.2 Å². The molecule has 1 N–H and O–H groups in total. The third-order valence-corrected chi connectivity index (χ3v) is 5.36. The van der Waals surface area contributed by atoms with Crippen molar-refractivity contribution in [1.29, 1.82) is 0 Å². The van der Waals surface area contributed by atoms with Gasteiger partial charge < -0.3 is 28.8 Å². The second-order valence-electron chi connectivity index (χ2n) is 7.94. The van der Waals surface area contributed by atoms with Gasteiger partial charge in [-0.25, -0.2) is 0 Å². The molecule has 4 atom stereocenters. The lowest BCUT2D eigenvalue weighted by molar-refractivity contribution is -0.251. The molecule has 0 aromatic heterocycles. The predicted molar refractivity (Wildman–Crippen MR) is 106 cm³/mol. The Morgan fingerprint density at radius 2 is 1.52 bits per heavy atom. The lowest BCUT2D eigenvalue weighted by Crippen LogP contribution is -2.55. The molecule has 2 heterocycles. The highest BCUT2D eigenvalue weighted by molar-refractivity contribution is 5.15. The van der Waals surface area contributed by atoms with Crippen LogP contribution in [0.2, 0.25) is 0 Å². The van der Waals surface area contributed by atoms with Crippen LogP contribution in [0.3, 0.4) is 0 Å². The van der Waals surface area contributed by atoms with Gasteiger partial charge in [-0.1, -0.05) is 60.7 Å². The lowest BCUT2D eigenvalue weighted by atomic mass is 9.93. The number of hydrogen-bond donors (Lipinski definition) is 1. The molecule has 0 saturated carbocycles. The molecular formula is C23H28O6. The molecule has 2 fully saturated rings. The summed E-state index contributed by atoms with van der Waals surface area (Å²) in [6, 6.07) is 19.7. The molecule has 0 amide bonds. The number of aliphatic hydroxyl groups excluding tert-OH is 1. The van der Waals surface area contributed by atoms with Crippen LogP contribution in [0.15, 0.2) is 60.7 Å². The molecule has 4 unspecified atom stereocenters. The first kappa shape index (κ1) is 20.5. The molecule has 0 spiro atoms. The molecule has 6 heteroatoms. The van der Waals surface area contributed by atoms with E-state index in [-0.39, 0.29) is 13.2 Å². The predicted octanol–water partition coefficient (Wildman–Crippen LogP) is 3.03. The molecule has 4 rings (SSSR count). The zero-order valence-electron chi connectivity index (χ0n) is 16.8. The first-order chi connectivity index (χ1) is 14.0. The third-order valence-electron chi connectivity index (χ3n) is 5.36. The van der Waals surface area contributed by atoms with Crippen molar-refractivity contribution >= 4 is 0 Å². The topological polar surface area (TPSA) is 66.4 Å². The van der Waals surface area contributed by atoms with Crippen LogP contribution in [0, 0.1) is 0 Å². The first-order valence-electron chi connectivity index (χ1n) is 9.94. The summed E-state index contributed by atoms with van der Waals surface area (Å²) in [5.74, 6) is -0.804. The molecule has 2 saturated heterocycles. The van der Waals surface area contributed by atoms with Gasteiger partial charge in [-0.2, -0.15) is 0 Å². The normalized spacial score (nSPS) is 30.4. The maximum Gasteiger partial charge on any atom is 0.190 e. The van der Waals surface area contributed by atoms with Crippen molar-refractivity contribution in [2.24, 2.45) is 0 Å². The van der Waals surface area contributed by atoms with Crippen molar-refractivity contribution in [2.45, 2.75) is 56.9 Å². The van der Waals surface area contributed by atoms with Crippen LogP contribution in [0.1, 0.15) is 25.0 Å². The van der Waals surface area contributed by atoms with Crippen molar-refractivity contribution in [3.05, 3.63) is 71.8 Å². The minimum atomic E-state index is -1.08. The van der Waals surface area contributed by atoms with Crippen molar-refractivity contribution in [2.75, 3.05) is 13.2 Å². The molecule has 2 aromatic carbocycles. The average Bonchev–Trinajstić information content (AvgIpc) is 3.18. The van der Waals surface area contributed by atoms with Gasteiger partial charge in [0.05, 0.1) is 26.4 Å². The number of fused-ring (bicyclic) bond motifs is 1. The highest BCUT2D eigenvalue weighted by Crippen LogP contribution is 2.45. The number of aliphatic hydroxyl groups is 1. The summed E-state index contributed by atoms with van der Waals surface area (Å²) < 4.78 is 30.2. The fraction of sp³-hybridized carbons (Fsp3) is 0.478. The summed E-state index contributed by atoms with van der Waals surface area (Å²) in [5.41, 5.74) is 0.996. The van der Waals surface area contributed by atoms with E-state index in [1.807, 2.05) is 74.5 Å². The molecule has 0 aliphatic carbocycles. The smallest absolute Gasteiger partial charge is 0.190 e. The van der Waals surface area contributed by atoms with Crippen molar-refractivity contribution in [1.82, 2.24) is 0 Å². The van der Waals surface area contributed by atoms with E-state index in [1.54, 1.807) is 0 Å². The first-order valence-corrected chi connectivity index (χ1v) is 9.94. The second kappa shape index (κ2) is 8.52. The van der Waals surface area contributed by atoms with E-state index in [1.165, 1.54) is 0 Å². The summed E-state index contributed by atoms with van der Waals surface area (Å²) in [7, 11) is 0. The van der Waals surface area contributed by atoms with Crippen molar-refractivity contribution in [3.8, 4) is 0 Å². The number of hydrogen-bond acceptors (Lipinski definition) is 6. The van der Waals surface area contributed by atoms with Crippen molar-refractivity contribution in [3.63, 3.8) is 0 Å². The van der Waals surface area contributed by atoms with Gasteiger partial charge in [-0.05, 0) is 25.0 Å². The Morgan fingerprint density at radius 3 is 2.14 bits per heavy atom. The molecule has 29 heavy (non-hydrogen) atoms. The summed E-state index contributed by atoms with van der Waals surface area (Å²) >= 11 is 0. The Hall–Kier alpha value is -1.80. The van der Waals surface area contributed by atoms with Gasteiger partial charge in [0.15, 0.2) is 17.7 Å². The highest BCUT2D eigenvalue weighted by atomic mass is 16.8. The number of benzene rings is 2.